The Labute approximate surface area is 160 Å². The van der Waals surface area contributed by atoms with Crippen molar-refractivity contribution in [2.75, 3.05) is 19.1 Å². The Hall–Kier alpha value is -1.69. The molecule has 0 heterocycles. The molecule has 144 valence electrons. The minimum atomic E-state index is -0.529. The number of rotatable bonds is 8. The quantitative estimate of drug-likeness (QED) is 0.729. The molecule has 0 radical (unpaired) electrons. The van der Waals surface area contributed by atoms with Gasteiger partial charge in [0.15, 0.2) is 0 Å². The Balaban J connectivity index is 2.01. The van der Waals surface area contributed by atoms with Crippen LogP contribution in [0.2, 0.25) is 0 Å². The first-order valence-electron chi connectivity index (χ1n) is 9.28. The molecule has 1 atom stereocenters. The highest BCUT2D eigenvalue weighted by molar-refractivity contribution is 7.98. The summed E-state index contributed by atoms with van der Waals surface area (Å²) in [4.78, 5) is 25.4. The van der Waals surface area contributed by atoms with Crippen molar-refractivity contribution in [2.45, 2.75) is 51.1 Å². The van der Waals surface area contributed by atoms with Crippen molar-refractivity contribution in [1.29, 1.82) is 0 Å². The zero-order valence-corrected chi connectivity index (χ0v) is 16.7. The molecular formula is C20H30N2O3S. The number of ether oxygens (including phenoxy) is 1. The van der Waals surface area contributed by atoms with Crippen molar-refractivity contribution in [1.82, 2.24) is 10.6 Å². The number of hydrogen-bond donors (Lipinski definition) is 2. The van der Waals surface area contributed by atoms with Gasteiger partial charge in [0.2, 0.25) is 5.91 Å². The smallest absolute Gasteiger partial charge is 0.255 e. The SMILES string of the molecule is COc1ccccc1C(=O)NC(CCSC)C(=O)NC1CCC(C)CC1. The highest BCUT2D eigenvalue weighted by Crippen LogP contribution is 2.23. The third-order valence-corrected chi connectivity index (χ3v) is 5.59. The Morgan fingerprint density at radius 3 is 2.58 bits per heavy atom. The van der Waals surface area contributed by atoms with Crippen LogP contribution >= 0.6 is 11.8 Å². The summed E-state index contributed by atoms with van der Waals surface area (Å²) in [7, 11) is 1.54. The number of carbonyl (C=O) groups is 2. The molecule has 5 nitrogen and oxygen atoms in total. The number of benzene rings is 1. The van der Waals surface area contributed by atoms with E-state index < -0.39 is 6.04 Å². The Morgan fingerprint density at radius 2 is 1.92 bits per heavy atom. The lowest BCUT2D eigenvalue weighted by Crippen LogP contribution is -2.50. The molecule has 26 heavy (non-hydrogen) atoms. The maximum absolute atomic E-state index is 12.8. The zero-order chi connectivity index (χ0) is 18.9. The minimum Gasteiger partial charge on any atom is -0.496 e. The monoisotopic (exact) mass is 378 g/mol. The summed E-state index contributed by atoms with van der Waals surface area (Å²) in [6.45, 7) is 2.26. The van der Waals surface area contributed by atoms with Crippen LogP contribution in [0.25, 0.3) is 0 Å². The molecule has 0 aliphatic heterocycles. The first-order valence-corrected chi connectivity index (χ1v) is 10.7. The second kappa shape index (κ2) is 10.5. The van der Waals surface area contributed by atoms with E-state index in [1.54, 1.807) is 30.0 Å². The first kappa shape index (κ1) is 20.6. The predicted molar refractivity (Wildman–Crippen MR) is 107 cm³/mol. The van der Waals surface area contributed by atoms with Gasteiger partial charge in [-0.15, -0.1) is 0 Å². The second-order valence-electron chi connectivity index (χ2n) is 6.97. The van der Waals surface area contributed by atoms with Crippen LogP contribution in [0.4, 0.5) is 0 Å². The topological polar surface area (TPSA) is 67.4 Å². The van der Waals surface area contributed by atoms with Gasteiger partial charge in [-0.25, -0.2) is 0 Å². The van der Waals surface area contributed by atoms with Crippen molar-refractivity contribution >= 4 is 23.6 Å². The number of amides is 2. The standard InChI is InChI=1S/C20H30N2O3S/c1-14-8-10-15(11-9-14)21-20(24)17(12-13-26-3)22-19(23)16-6-4-5-7-18(16)25-2/h4-7,14-15,17H,8-13H2,1-3H3,(H,21,24)(H,22,23). The Kier molecular flexibility index (Phi) is 8.29. The maximum atomic E-state index is 12.8. The van der Waals surface area contributed by atoms with E-state index >= 15 is 0 Å². The van der Waals surface area contributed by atoms with Crippen molar-refractivity contribution < 1.29 is 14.3 Å². The molecule has 1 unspecified atom stereocenters. The number of methoxy groups -OCH3 is 1. The van der Waals surface area contributed by atoms with E-state index in [0.717, 1.165) is 37.4 Å². The summed E-state index contributed by atoms with van der Waals surface area (Å²) >= 11 is 1.67. The third kappa shape index (κ3) is 5.94. The van der Waals surface area contributed by atoms with Crippen LogP contribution in [-0.2, 0) is 4.79 Å². The van der Waals surface area contributed by atoms with Crippen LogP contribution < -0.4 is 15.4 Å². The molecule has 1 saturated carbocycles. The zero-order valence-electron chi connectivity index (χ0n) is 15.9. The average Bonchev–Trinajstić information content (AvgIpc) is 2.66. The van der Waals surface area contributed by atoms with Crippen LogP contribution in [0.15, 0.2) is 24.3 Å². The second-order valence-corrected chi connectivity index (χ2v) is 7.96. The molecular weight excluding hydrogens is 348 g/mol. The lowest BCUT2D eigenvalue weighted by molar-refractivity contribution is -0.124. The largest absolute Gasteiger partial charge is 0.496 e. The van der Waals surface area contributed by atoms with Gasteiger partial charge in [0, 0.05) is 6.04 Å². The van der Waals surface area contributed by atoms with Crippen LogP contribution in [-0.4, -0.2) is 43.0 Å². The molecule has 0 saturated heterocycles. The first-order chi connectivity index (χ1) is 12.5. The molecule has 0 aromatic heterocycles. The molecule has 1 aliphatic rings. The molecule has 1 aliphatic carbocycles. The number of thioether (sulfide) groups is 1. The molecule has 1 aromatic carbocycles. The van der Waals surface area contributed by atoms with E-state index in [9.17, 15) is 9.59 Å². The van der Waals surface area contributed by atoms with Gasteiger partial charge in [0.1, 0.15) is 11.8 Å². The van der Waals surface area contributed by atoms with Crippen molar-refractivity contribution in [3.05, 3.63) is 29.8 Å². The minimum absolute atomic E-state index is 0.0816. The van der Waals surface area contributed by atoms with Crippen molar-refractivity contribution in [2.24, 2.45) is 5.92 Å². The molecule has 1 aromatic rings. The van der Waals surface area contributed by atoms with E-state index in [-0.39, 0.29) is 17.9 Å². The number of carbonyl (C=O) groups excluding carboxylic acids is 2. The predicted octanol–water partition coefficient (Wildman–Crippen LogP) is 3.24. The highest BCUT2D eigenvalue weighted by atomic mass is 32.2. The number of para-hydroxylation sites is 1. The van der Waals surface area contributed by atoms with E-state index in [0.29, 0.717) is 17.7 Å². The molecule has 6 heteroatoms. The summed E-state index contributed by atoms with van der Waals surface area (Å²) < 4.78 is 5.26. The fourth-order valence-corrected chi connectivity index (χ4v) is 3.75. The summed E-state index contributed by atoms with van der Waals surface area (Å²) in [5, 5.41) is 6.04. The summed E-state index contributed by atoms with van der Waals surface area (Å²) in [5.74, 6) is 1.70. The van der Waals surface area contributed by atoms with Gasteiger partial charge in [0.05, 0.1) is 12.7 Å². The van der Waals surface area contributed by atoms with Gasteiger partial charge >= 0.3 is 0 Å². The van der Waals surface area contributed by atoms with Gasteiger partial charge in [0.25, 0.3) is 5.91 Å². The number of nitrogens with one attached hydrogen (secondary N) is 2. The number of hydrogen-bond acceptors (Lipinski definition) is 4. The van der Waals surface area contributed by atoms with Crippen molar-refractivity contribution in [3.63, 3.8) is 0 Å². The normalized spacial score (nSPS) is 20.9. The van der Waals surface area contributed by atoms with E-state index in [1.165, 1.54) is 7.11 Å². The van der Waals surface area contributed by atoms with Gasteiger partial charge in [-0.3, -0.25) is 9.59 Å². The third-order valence-electron chi connectivity index (χ3n) is 4.95. The Bertz CT molecular complexity index is 600. The van der Waals surface area contributed by atoms with Crippen LogP contribution in [0.1, 0.15) is 49.4 Å². The summed E-state index contributed by atoms with van der Waals surface area (Å²) in [6, 6.07) is 6.75. The fraction of sp³-hybridized carbons (Fsp3) is 0.600. The van der Waals surface area contributed by atoms with Gasteiger partial charge < -0.3 is 15.4 Å². The summed E-state index contributed by atoms with van der Waals surface area (Å²) in [5.41, 5.74) is 0.448. The molecule has 0 bridgehead atoms. The molecule has 1 fully saturated rings. The van der Waals surface area contributed by atoms with Crippen molar-refractivity contribution in [3.8, 4) is 5.75 Å². The maximum Gasteiger partial charge on any atom is 0.255 e. The van der Waals surface area contributed by atoms with E-state index in [4.69, 9.17) is 4.74 Å². The lowest BCUT2D eigenvalue weighted by atomic mass is 9.87. The molecule has 2 N–H and O–H groups in total. The van der Waals surface area contributed by atoms with Crippen LogP contribution in [0, 0.1) is 5.92 Å². The van der Waals surface area contributed by atoms with Crippen LogP contribution in [0.3, 0.4) is 0 Å². The lowest BCUT2D eigenvalue weighted by Gasteiger charge is -2.29. The molecule has 2 amide bonds. The highest BCUT2D eigenvalue weighted by Gasteiger charge is 2.26. The Morgan fingerprint density at radius 1 is 1.23 bits per heavy atom. The average molecular weight is 379 g/mol. The molecule has 0 spiro atoms. The van der Waals surface area contributed by atoms with Gasteiger partial charge in [-0.05, 0) is 62.2 Å². The van der Waals surface area contributed by atoms with Gasteiger partial charge in [-0.2, -0.15) is 11.8 Å². The van der Waals surface area contributed by atoms with E-state index in [1.807, 2.05) is 12.3 Å². The fourth-order valence-electron chi connectivity index (χ4n) is 3.28. The summed E-state index contributed by atoms with van der Waals surface area (Å²) in [6.07, 6.45) is 6.93. The van der Waals surface area contributed by atoms with Crippen LogP contribution in [0.5, 0.6) is 5.75 Å². The van der Waals surface area contributed by atoms with Gasteiger partial charge in [-0.1, -0.05) is 19.1 Å². The molecule has 2 rings (SSSR count). The van der Waals surface area contributed by atoms with E-state index in [2.05, 4.69) is 17.6 Å².